The Bertz CT molecular complexity index is 494. The second-order valence-corrected chi connectivity index (χ2v) is 4.14. The van der Waals surface area contributed by atoms with E-state index in [-0.39, 0.29) is 5.56 Å². The summed E-state index contributed by atoms with van der Waals surface area (Å²) in [6.07, 6.45) is 4.52. The van der Waals surface area contributed by atoms with E-state index in [1.54, 1.807) is 12.4 Å². The van der Waals surface area contributed by atoms with Crippen LogP contribution >= 0.6 is 0 Å². The van der Waals surface area contributed by atoms with Crippen molar-refractivity contribution in [3.63, 3.8) is 0 Å². The minimum Gasteiger partial charge on any atom is -0.324 e. The van der Waals surface area contributed by atoms with Gasteiger partial charge in [-0.2, -0.15) is 0 Å². The molecular formula is C14H14F2N2. The van der Waals surface area contributed by atoms with Crippen LogP contribution in [0.4, 0.5) is 8.78 Å². The molecule has 1 aromatic carbocycles. The van der Waals surface area contributed by atoms with Crippen molar-refractivity contribution >= 4 is 0 Å². The first-order valence-corrected chi connectivity index (χ1v) is 5.77. The maximum Gasteiger partial charge on any atom is 0.130 e. The lowest BCUT2D eigenvalue weighted by Gasteiger charge is -2.13. The molecule has 0 saturated carbocycles. The highest BCUT2D eigenvalue weighted by molar-refractivity contribution is 5.23. The standard InChI is InChI=1S/C14H14F2N2/c15-11-2-1-3-12(16)14(11)13(17)5-4-10-6-8-18-9-7-10/h1-3,6-9,13H,4-5,17H2. The Hall–Kier alpha value is -1.81. The van der Waals surface area contributed by atoms with Crippen LogP contribution in [0.25, 0.3) is 0 Å². The van der Waals surface area contributed by atoms with Crippen molar-refractivity contribution in [2.24, 2.45) is 5.73 Å². The Morgan fingerprint density at radius 1 is 1.06 bits per heavy atom. The highest BCUT2D eigenvalue weighted by Crippen LogP contribution is 2.22. The number of nitrogens with two attached hydrogens (primary N) is 1. The smallest absolute Gasteiger partial charge is 0.130 e. The van der Waals surface area contributed by atoms with Crippen molar-refractivity contribution in [3.8, 4) is 0 Å². The van der Waals surface area contributed by atoms with E-state index >= 15 is 0 Å². The molecule has 4 heteroatoms. The molecule has 0 spiro atoms. The summed E-state index contributed by atoms with van der Waals surface area (Å²) >= 11 is 0. The maximum atomic E-state index is 13.5. The lowest BCUT2D eigenvalue weighted by atomic mass is 9.99. The topological polar surface area (TPSA) is 38.9 Å². The number of pyridine rings is 1. The van der Waals surface area contributed by atoms with E-state index < -0.39 is 17.7 Å². The average Bonchev–Trinajstić information content (AvgIpc) is 2.37. The first-order chi connectivity index (χ1) is 8.68. The Morgan fingerprint density at radius 2 is 1.67 bits per heavy atom. The zero-order valence-corrected chi connectivity index (χ0v) is 9.81. The molecule has 1 aromatic heterocycles. The molecule has 0 saturated heterocycles. The molecule has 2 rings (SSSR count). The Labute approximate surface area is 104 Å². The number of halogens is 2. The van der Waals surface area contributed by atoms with Crippen LogP contribution in [0.2, 0.25) is 0 Å². The molecule has 1 atom stereocenters. The largest absolute Gasteiger partial charge is 0.324 e. The van der Waals surface area contributed by atoms with E-state index in [2.05, 4.69) is 4.98 Å². The Morgan fingerprint density at radius 3 is 2.28 bits per heavy atom. The van der Waals surface area contributed by atoms with Gasteiger partial charge in [0.25, 0.3) is 0 Å². The average molecular weight is 248 g/mol. The Kier molecular flexibility index (Phi) is 3.99. The number of aryl methyl sites for hydroxylation is 1. The third-order valence-electron chi connectivity index (χ3n) is 2.86. The van der Waals surface area contributed by atoms with E-state index in [0.29, 0.717) is 12.8 Å². The van der Waals surface area contributed by atoms with Crippen LogP contribution in [-0.4, -0.2) is 4.98 Å². The molecule has 0 radical (unpaired) electrons. The van der Waals surface area contributed by atoms with Gasteiger partial charge in [-0.05, 0) is 42.7 Å². The van der Waals surface area contributed by atoms with E-state index in [4.69, 9.17) is 5.73 Å². The molecule has 0 aliphatic heterocycles. The summed E-state index contributed by atoms with van der Waals surface area (Å²) in [6, 6.07) is 6.88. The van der Waals surface area contributed by atoms with Gasteiger partial charge >= 0.3 is 0 Å². The number of benzene rings is 1. The normalized spacial score (nSPS) is 12.4. The number of aromatic nitrogens is 1. The SMILES string of the molecule is NC(CCc1ccncc1)c1c(F)cccc1F. The van der Waals surface area contributed by atoms with E-state index in [1.165, 1.54) is 18.2 Å². The van der Waals surface area contributed by atoms with E-state index in [0.717, 1.165) is 5.56 Å². The molecule has 1 heterocycles. The van der Waals surface area contributed by atoms with Gasteiger partial charge in [0.2, 0.25) is 0 Å². The van der Waals surface area contributed by atoms with Crippen LogP contribution < -0.4 is 5.73 Å². The Balaban J connectivity index is 2.06. The molecule has 94 valence electrons. The molecule has 0 fully saturated rings. The second-order valence-electron chi connectivity index (χ2n) is 4.14. The molecule has 2 nitrogen and oxygen atoms in total. The summed E-state index contributed by atoms with van der Waals surface area (Å²) in [4.78, 5) is 3.91. The fraction of sp³-hybridized carbons (Fsp3) is 0.214. The summed E-state index contributed by atoms with van der Waals surface area (Å²) in [5, 5.41) is 0. The van der Waals surface area contributed by atoms with Gasteiger partial charge in [0.15, 0.2) is 0 Å². The zero-order valence-electron chi connectivity index (χ0n) is 9.81. The molecule has 0 aliphatic rings. The van der Waals surface area contributed by atoms with Gasteiger partial charge in [0.1, 0.15) is 11.6 Å². The van der Waals surface area contributed by atoms with Gasteiger partial charge in [-0.15, -0.1) is 0 Å². The number of nitrogens with zero attached hydrogens (tertiary/aromatic N) is 1. The molecular weight excluding hydrogens is 234 g/mol. The van der Waals surface area contributed by atoms with Crippen molar-refractivity contribution in [2.75, 3.05) is 0 Å². The molecule has 18 heavy (non-hydrogen) atoms. The monoisotopic (exact) mass is 248 g/mol. The second kappa shape index (κ2) is 5.69. The first kappa shape index (κ1) is 12.6. The molecule has 0 amide bonds. The predicted octanol–water partition coefficient (Wildman–Crippen LogP) is 2.99. The fourth-order valence-corrected chi connectivity index (χ4v) is 1.88. The van der Waals surface area contributed by atoms with Crippen molar-refractivity contribution in [3.05, 3.63) is 65.5 Å². The molecule has 2 aromatic rings. The van der Waals surface area contributed by atoms with Gasteiger partial charge in [-0.25, -0.2) is 8.78 Å². The zero-order chi connectivity index (χ0) is 13.0. The third kappa shape index (κ3) is 2.90. The lowest BCUT2D eigenvalue weighted by molar-refractivity contribution is 0.512. The highest BCUT2D eigenvalue weighted by atomic mass is 19.1. The van der Waals surface area contributed by atoms with Crippen LogP contribution in [0.5, 0.6) is 0 Å². The third-order valence-corrected chi connectivity index (χ3v) is 2.86. The van der Waals surface area contributed by atoms with Crippen molar-refractivity contribution < 1.29 is 8.78 Å². The van der Waals surface area contributed by atoms with Gasteiger partial charge in [0, 0.05) is 24.0 Å². The lowest BCUT2D eigenvalue weighted by Crippen LogP contribution is -2.15. The minimum absolute atomic E-state index is 0.0356. The first-order valence-electron chi connectivity index (χ1n) is 5.77. The molecule has 0 aliphatic carbocycles. The van der Waals surface area contributed by atoms with Crippen molar-refractivity contribution in [1.82, 2.24) is 4.98 Å². The number of hydrogen-bond donors (Lipinski definition) is 1. The molecule has 1 unspecified atom stereocenters. The van der Waals surface area contributed by atoms with E-state index in [1.807, 2.05) is 12.1 Å². The van der Waals surface area contributed by atoms with E-state index in [9.17, 15) is 8.78 Å². The fourth-order valence-electron chi connectivity index (χ4n) is 1.88. The van der Waals surface area contributed by atoms with Crippen LogP contribution in [0.1, 0.15) is 23.6 Å². The summed E-state index contributed by atoms with van der Waals surface area (Å²) < 4.78 is 27.0. The minimum atomic E-state index is -0.639. The summed E-state index contributed by atoms with van der Waals surface area (Å²) in [5.74, 6) is -1.17. The van der Waals surface area contributed by atoms with Gasteiger partial charge < -0.3 is 5.73 Å². The van der Waals surface area contributed by atoms with Crippen LogP contribution in [-0.2, 0) is 6.42 Å². The molecule has 2 N–H and O–H groups in total. The predicted molar refractivity (Wildman–Crippen MR) is 65.8 cm³/mol. The maximum absolute atomic E-state index is 13.5. The van der Waals surface area contributed by atoms with Crippen LogP contribution in [0, 0.1) is 11.6 Å². The van der Waals surface area contributed by atoms with Crippen molar-refractivity contribution in [1.29, 1.82) is 0 Å². The highest BCUT2D eigenvalue weighted by Gasteiger charge is 2.16. The van der Waals surface area contributed by atoms with Gasteiger partial charge in [-0.1, -0.05) is 6.07 Å². The number of hydrogen-bond acceptors (Lipinski definition) is 2. The van der Waals surface area contributed by atoms with Crippen molar-refractivity contribution in [2.45, 2.75) is 18.9 Å². The number of rotatable bonds is 4. The summed E-state index contributed by atoms with van der Waals surface area (Å²) in [7, 11) is 0. The van der Waals surface area contributed by atoms with Crippen LogP contribution in [0.15, 0.2) is 42.7 Å². The van der Waals surface area contributed by atoms with Gasteiger partial charge in [-0.3, -0.25) is 4.98 Å². The van der Waals surface area contributed by atoms with Gasteiger partial charge in [0.05, 0.1) is 0 Å². The van der Waals surface area contributed by atoms with Crippen LogP contribution in [0.3, 0.4) is 0 Å². The summed E-state index contributed by atoms with van der Waals surface area (Å²) in [5.41, 5.74) is 6.87. The quantitative estimate of drug-likeness (QED) is 0.903. The summed E-state index contributed by atoms with van der Waals surface area (Å²) in [6.45, 7) is 0. The molecule has 0 bridgehead atoms.